The van der Waals surface area contributed by atoms with Crippen LogP contribution in [-0.2, 0) is 0 Å². The van der Waals surface area contributed by atoms with Crippen LogP contribution in [0, 0.1) is 17.7 Å². The maximum Gasteiger partial charge on any atom is 0.150 e. The van der Waals surface area contributed by atoms with Gasteiger partial charge in [-0.3, -0.25) is 4.79 Å². The highest BCUT2D eigenvalue weighted by Crippen LogP contribution is 2.07. The number of carbonyl (C=O) groups is 1. The van der Waals surface area contributed by atoms with Gasteiger partial charge in [0.15, 0.2) is 0 Å². The van der Waals surface area contributed by atoms with Crippen molar-refractivity contribution in [2.45, 2.75) is 0 Å². The lowest BCUT2D eigenvalue weighted by Crippen LogP contribution is -2.04. The molecular formula is C11H10FNO. The van der Waals surface area contributed by atoms with Crippen LogP contribution in [0.4, 0.5) is 4.39 Å². The maximum absolute atomic E-state index is 13.1. The fraction of sp³-hybridized carbons (Fsp3) is 0.182. The second-order valence-corrected chi connectivity index (χ2v) is 2.69. The van der Waals surface area contributed by atoms with E-state index in [2.05, 4.69) is 17.2 Å². The van der Waals surface area contributed by atoms with Crippen molar-refractivity contribution in [1.82, 2.24) is 5.32 Å². The van der Waals surface area contributed by atoms with E-state index in [1.807, 2.05) is 0 Å². The van der Waals surface area contributed by atoms with E-state index in [0.717, 1.165) is 0 Å². The number of carbonyl (C=O) groups excluding carboxylic acids is 1. The second kappa shape index (κ2) is 5.15. The highest BCUT2D eigenvalue weighted by atomic mass is 19.1. The SMILES string of the molecule is CNCC#Cc1cc(C=O)ccc1F. The van der Waals surface area contributed by atoms with Gasteiger partial charge in [0.1, 0.15) is 12.1 Å². The third kappa shape index (κ3) is 2.68. The first-order valence-corrected chi connectivity index (χ1v) is 4.16. The smallest absolute Gasteiger partial charge is 0.150 e. The van der Waals surface area contributed by atoms with E-state index in [1.165, 1.54) is 18.2 Å². The zero-order valence-electron chi connectivity index (χ0n) is 7.80. The van der Waals surface area contributed by atoms with Gasteiger partial charge >= 0.3 is 0 Å². The van der Waals surface area contributed by atoms with Crippen LogP contribution in [0.5, 0.6) is 0 Å². The molecule has 0 heterocycles. The Morgan fingerprint density at radius 2 is 2.36 bits per heavy atom. The minimum Gasteiger partial charge on any atom is -0.309 e. The van der Waals surface area contributed by atoms with Crippen LogP contribution >= 0.6 is 0 Å². The Morgan fingerprint density at radius 3 is 3.00 bits per heavy atom. The van der Waals surface area contributed by atoms with Gasteiger partial charge in [0, 0.05) is 5.56 Å². The van der Waals surface area contributed by atoms with Gasteiger partial charge < -0.3 is 5.32 Å². The summed E-state index contributed by atoms with van der Waals surface area (Å²) < 4.78 is 13.1. The molecule has 14 heavy (non-hydrogen) atoms. The maximum atomic E-state index is 13.1. The fourth-order valence-electron chi connectivity index (χ4n) is 0.940. The summed E-state index contributed by atoms with van der Waals surface area (Å²) in [4.78, 5) is 10.4. The molecule has 0 radical (unpaired) electrons. The Labute approximate surface area is 82.1 Å². The van der Waals surface area contributed by atoms with Crippen molar-refractivity contribution in [3.8, 4) is 11.8 Å². The average Bonchev–Trinajstić information content (AvgIpc) is 2.21. The number of hydrogen-bond donors (Lipinski definition) is 1. The monoisotopic (exact) mass is 191 g/mol. The van der Waals surface area contributed by atoms with Gasteiger partial charge in [0.25, 0.3) is 0 Å². The summed E-state index contributed by atoms with van der Waals surface area (Å²) in [5.41, 5.74) is 0.685. The van der Waals surface area contributed by atoms with Crippen LogP contribution in [0.3, 0.4) is 0 Å². The van der Waals surface area contributed by atoms with Crippen molar-refractivity contribution < 1.29 is 9.18 Å². The summed E-state index contributed by atoms with van der Waals surface area (Å²) in [7, 11) is 1.76. The average molecular weight is 191 g/mol. The molecule has 1 N–H and O–H groups in total. The first kappa shape index (κ1) is 10.4. The van der Waals surface area contributed by atoms with Crippen LogP contribution in [0.2, 0.25) is 0 Å². The Kier molecular flexibility index (Phi) is 3.84. The normalized spacial score (nSPS) is 9.00. The van der Waals surface area contributed by atoms with E-state index >= 15 is 0 Å². The molecule has 0 aliphatic rings. The van der Waals surface area contributed by atoms with Crippen molar-refractivity contribution in [2.24, 2.45) is 0 Å². The molecule has 0 bridgehead atoms. The molecule has 0 saturated carbocycles. The van der Waals surface area contributed by atoms with Crippen molar-refractivity contribution in [3.63, 3.8) is 0 Å². The van der Waals surface area contributed by atoms with Crippen molar-refractivity contribution in [2.75, 3.05) is 13.6 Å². The van der Waals surface area contributed by atoms with E-state index in [1.54, 1.807) is 7.05 Å². The molecule has 3 heteroatoms. The Bertz CT molecular complexity index is 390. The van der Waals surface area contributed by atoms with Crippen LogP contribution in [0.25, 0.3) is 0 Å². The molecule has 0 aliphatic heterocycles. The van der Waals surface area contributed by atoms with E-state index in [9.17, 15) is 9.18 Å². The largest absolute Gasteiger partial charge is 0.309 e. The van der Waals surface area contributed by atoms with Crippen molar-refractivity contribution in [1.29, 1.82) is 0 Å². The van der Waals surface area contributed by atoms with Crippen LogP contribution < -0.4 is 5.32 Å². The van der Waals surface area contributed by atoms with Crippen LogP contribution in [0.1, 0.15) is 15.9 Å². The molecule has 72 valence electrons. The highest BCUT2D eigenvalue weighted by molar-refractivity contribution is 5.75. The molecule has 1 aromatic rings. The fourth-order valence-corrected chi connectivity index (χ4v) is 0.940. The minimum atomic E-state index is -0.404. The van der Waals surface area contributed by atoms with Gasteiger partial charge in [0.05, 0.1) is 12.1 Å². The van der Waals surface area contributed by atoms with Gasteiger partial charge in [-0.15, -0.1) is 0 Å². The van der Waals surface area contributed by atoms with Crippen molar-refractivity contribution >= 4 is 6.29 Å². The summed E-state index contributed by atoms with van der Waals surface area (Å²) in [5.74, 6) is 4.97. The van der Waals surface area contributed by atoms with E-state index in [0.29, 0.717) is 18.4 Å². The van der Waals surface area contributed by atoms with Crippen LogP contribution in [-0.4, -0.2) is 19.9 Å². The van der Waals surface area contributed by atoms with Gasteiger partial charge in [-0.25, -0.2) is 4.39 Å². The first-order chi connectivity index (χ1) is 6.77. The standard InChI is InChI=1S/C11H10FNO/c1-13-6-2-3-10-7-9(8-14)4-5-11(10)12/h4-5,7-8,13H,6H2,1H3. The predicted octanol–water partition coefficient (Wildman–Crippen LogP) is 1.21. The molecule has 2 nitrogen and oxygen atoms in total. The van der Waals surface area contributed by atoms with Gasteiger partial charge in [-0.05, 0) is 25.2 Å². The lowest BCUT2D eigenvalue weighted by atomic mass is 10.1. The molecular weight excluding hydrogens is 181 g/mol. The quantitative estimate of drug-likeness (QED) is 0.562. The van der Waals surface area contributed by atoms with Gasteiger partial charge in [-0.2, -0.15) is 0 Å². The topological polar surface area (TPSA) is 29.1 Å². The Morgan fingerprint density at radius 1 is 1.57 bits per heavy atom. The molecule has 0 saturated heterocycles. The summed E-state index contributed by atoms with van der Waals surface area (Å²) in [6.45, 7) is 0.491. The summed E-state index contributed by atoms with van der Waals surface area (Å²) in [5, 5.41) is 2.82. The Hall–Kier alpha value is -1.66. The molecule has 1 rings (SSSR count). The number of rotatable bonds is 2. The summed E-state index contributed by atoms with van der Waals surface area (Å²) >= 11 is 0. The van der Waals surface area contributed by atoms with E-state index in [4.69, 9.17) is 0 Å². The summed E-state index contributed by atoms with van der Waals surface area (Å²) in [6, 6.07) is 4.10. The third-order valence-electron chi connectivity index (χ3n) is 1.61. The van der Waals surface area contributed by atoms with Gasteiger partial charge in [0.2, 0.25) is 0 Å². The summed E-state index contributed by atoms with van der Waals surface area (Å²) in [6.07, 6.45) is 0.669. The number of halogens is 1. The number of benzene rings is 1. The van der Waals surface area contributed by atoms with Gasteiger partial charge in [-0.1, -0.05) is 11.8 Å². The molecule has 1 aromatic carbocycles. The zero-order chi connectivity index (χ0) is 10.4. The molecule has 0 atom stereocenters. The zero-order valence-corrected chi connectivity index (χ0v) is 7.80. The second-order valence-electron chi connectivity index (χ2n) is 2.69. The predicted molar refractivity (Wildman–Crippen MR) is 52.6 cm³/mol. The highest BCUT2D eigenvalue weighted by Gasteiger charge is 1.99. The third-order valence-corrected chi connectivity index (χ3v) is 1.61. The molecule has 0 fully saturated rings. The number of hydrogen-bond acceptors (Lipinski definition) is 2. The molecule has 0 spiro atoms. The Balaban J connectivity index is 2.96. The minimum absolute atomic E-state index is 0.254. The molecule has 0 aliphatic carbocycles. The first-order valence-electron chi connectivity index (χ1n) is 4.16. The van der Waals surface area contributed by atoms with E-state index in [-0.39, 0.29) is 5.56 Å². The lowest BCUT2D eigenvalue weighted by molar-refractivity contribution is 0.112. The molecule has 0 unspecified atom stereocenters. The number of aldehydes is 1. The molecule has 0 aromatic heterocycles. The molecule has 0 amide bonds. The van der Waals surface area contributed by atoms with E-state index < -0.39 is 5.82 Å². The lowest BCUT2D eigenvalue weighted by Gasteiger charge is -1.95. The van der Waals surface area contributed by atoms with Crippen molar-refractivity contribution in [3.05, 3.63) is 35.1 Å². The number of nitrogens with one attached hydrogen (secondary N) is 1. The van der Waals surface area contributed by atoms with Crippen LogP contribution in [0.15, 0.2) is 18.2 Å².